The lowest BCUT2D eigenvalue weighted by Gasteiger charge is -2.17. The highest BCUT2D eigenvalue weighted by Gasteiger charge is 2.27. The van der Waals surface area contributed by atoms with Gasteiger partial charge in [0.2, 0.25) is 5.91 Å². The third-order valence-electron chi connectivity index (χ3n) is 4.20. The van der Waals surface area contributed by atoms with Crippen LogP contribution in [0.25, 0.3) is 0 Å². The van der Waals surface area contributed by atoms with Crippen molar-refractivity contribution in [1.82, 2.24) is 9.88 Å². The number of ether oxygens (including phenoxy) is 2. The maximum Gasteiger partial charge on any atom is 0.223 e. The molecule has 1 aromatic carbocycles. The molecule has 2 heterocycles. The number of pyridine rings is 1. The predicted octanol–water partition coefficient (Wildman–Crippen LogP) is 2.70. The van der Waals surface area contributed by atoms with Gasteiger partial charge in [-0.1, -0.05) is 12.1 Å². The Labute approximate surface area is 142 Å². The molecule has 1 aromatic heterocycles. The van der Waals surface area contributed by atoms with Crippen LogP contribution in [0, 0.1) is 0 Å². The molecular weight excluding hydrogens is 304 g/mol. The minimum absolute atomic E-state index is 0.0509. The van der Waals surface area contributed by atoms with E-state index >= 15 is 0 Å². The molecule has 0 saturated carbocycles. The molecule has 2 aromatic rings. The van der Waals surface area contributed by atoms with Crippen molar-refractivity contribution in [3.05, 3.63) is 54.4 Å². The van der Waals surface area contributed by atoms with Gasteiger partial charge in [-0.3, -0.25) is 9.78 Å². The molecular formula is C19H22N2O3. The Bertz CT molecular complexity index is 675. The number of hydrogen-bond acceptors (Lipinski definition) is 4. The van der Waals surface area contributed by atoms with E-state index in [1.165, 1.54) is 0 Å². The number of aryl methyl sites for hydroxylation is 1. The van der Waals surface area contributed by atoms with Crippen LogP contribution in [-0.4, -0.2) is 42.1 Å². The summed E-state index contributed by atoms with van der Waals surface area (Å²) in [5, 5.41) is 0. The van der Waals surface area contributed by atoms with Crippen LogP contribution in [-0.2, 0) is 11.2 Å². The number of methoxy groups -OCH3 is 1. The summed E-state index contributed by atoms with van der Waals surface area (Å²) in [5.41, 5.74) is 1.12. The van der Waals surface area contributed by atoms with Crippen molar-refractivity contribution in [2.45, 2.75) is 25.4 Å². The first kappa shape index (κ1) is 16.3. The summed E-state index contributed by atoms with van der Waals surface area (Å²) in [4.78, 5) is 18.3. The smallest absolute Gasteiger partial charge is 0.223 e. The molecule has 5 heteroatoms. The number of carbonyl (C=O) groups excluding carboxylic acids is 1. The number of hydrogen-bond donors (Lipinski definition) is 0. The fourth-order valence-electron chi connectivity index (χ4n) is 2.90. The second kappa shape index (κ2) is 7.81. The zero-order chi connectivity index (χ0) is 16.8. The lowest BCUT2D eigenvalue weighted by atomic mass is 10.1. The van der Waals surface area contributed by atoms with Gasteiger partial charge in [-0.2, -0.15) is 0 Å². The molecule has 1 atom stereocenters. The molecule has 0 radical (unpaired) electrons. The molecule has 1 unspecified atom stereocenters. The summed E-state index contributed by atoms with van der Waals surface area (Å²) < 4.78 is 11.1. The fourth-order valence-corrected chi connectivity index (χ4v) is 2.90. The third kappa shape index (κ3) is 4.25. The second-order valence-corrected chi connectivity index (χ2v) is 5.91. The van der Waals surface area contributed by atoms with Crippen LogP contribution in [0.5, 0.6) is 11.5 Å². The van der Waals surface area contributed by atoms with Crippen molar-refractivity contribution in [3.63, 3.8) is 0 Å². The van der Waals surface area contributed by atoms with Crippen molar-refractivity contribution in [3.8, 4) is 11.5 Å². The van der Waals surface area contributed by atoms with Crippen LogP contribution < -0.4 is 9.47 Å². The highest BCUT2D eigenvalue weighted by molar-refractivity contribution is 5.76. The molecule has 126 valence electrons. The van der Waals surface area contributed by atoms with Crippen molar-refractivity contribution in [1.29, 1.82) is 0 Å². The molecule has 0 N–H and O–H groups in total. The van der Waals surface area contributed by atoms with Crippen LogP contribution in [0.1, 0.15) is 18.4 Å². The largest absolute Gasteiger partial charge is 0.497 e. The van der Waals surface area contributed by atoms with Gasteiger partial charge in [0.1, 0.15) is 17.6 Å². The summed E-state index contributed by atoms with van der Waals surface area (Å²) >= 11 is 0. The number of likely N-dealkylation sites (tertiary alicyclic amines) is 1. The molecule has 1 amide bonds. The van der Waals surface area contributed by atoms with Crippen molar-refractivity contribution < 1.29 is 14.3 Å². The summed E-state index contributed by atoms with van der Waals surface area (Å²) in [6.07, 6.45) is 5.56. The van der Waals surface area contributed by atoms with Gasteiger partial charge in [-0.05, 0) is 36.2 Å². The van der Waals surface area contributed by atoms with E-state index in [-0.39, 0.29) is 12.0 Å². The Balaban J connectivity index is 1.47. The van der Waals surface area contributed by atoms with Gasteiger partial charge in [0, 0.05) is 25.6 Å². The molecule has 24 heavy (non-hydrogen) atoms. The van der Waals surface area contributed by atoms with E-state index in [0.717, 1.165) is 36.4 Å². The first-order valence-corrected chi connectivity index (χ1v) is 8.22. The molecule has 5 nitrogen and oxygen atoms in total. The molecule has 1 fully saturated rings. The second-order valence-electron chi connectivity index (χ2n) is 5.91. The standard InChI is InChI=1S/C19H22N2O3/c1-23-16-5-2-4-15(12-16)7-8-19(22)21-11-9-18(14-21)24-17-6-3-10-20-13-17/h2-6,10,12-13,18H,7-9,11,14H2,1H3. The van der Waals surface area contributed by atoms with E-state index in [1.807, 2.05) is 41.3 Å². The molecule has 1 saturated heterocycles. The molecule has 0 spiro atoms. The Kier molecular flexibility index (Phi) is 5.31. The van der Waals surface area contributed by atoms with Crippen LogP contribution in [0.3, 0.4) is 0 Å². The maximum atomic E-state index is 12.4. The van der Waals surface area contributed by atoms with Gasteiger partial charge in [0.15, 0.2) is 0 Å². The summed E-state index contributed by atoms with van der Waals surface area (Å²) in [6.45, 7) is 1.40. The van der Waals surface area contributed by atoms with Crippen LogP contribution in [0.15, 0.2) is 48.8 Å². The zero-order valence-electron chi connectivity index (χ0n) is 13.9. The molecule has 0 aliphatic carbocycles. The monoisotopic (exact) mass is 326 g/mol. The van der Waals surface area contributed by atoms with E-state index < -0.39 is 0 Å². The van der Waals surface area contributed by atoms with Crippen molar-refractivity contribution in [2.24, 2.45) is 0 Å². The molecule has 3 rings (SSSR count). The molecule has 0 bridgehead atoms. The van der Waals surface area contributed by atoms with Gasteiger partial charge in [0.25, 0.3) is 0 Å². The van der Waals surface area contributed by atoms with E-state index in [9.17, 15) is 4.79 Å². The number of rotatable bonds is 6. The van der Waals surface area contributed by atoms with Crippen molar-refractivity contribution >= 4 is 5.91 Å². The van der Waals surface area contributed by atoms with Gasteiger partial charge in [-0.15, -0.1) is 0 Å². The first-order valence-electron chi connectivity index (χ1n) is 8.22. The highest BCUT2D eigenvalue weighted by atomic mass is 16.5. The highest BCUT2D eigenvalue weighted by Crippen LogP contribution is 2.19. The summed E-state index contributed by atoms with van der Waals surface area (Å²) in [6, 6.07) is 11.6. The SMILES string of the molecule is COc1cccc(CCC(=O)N2CCC(Oc3cccnc3)C2)c1. The lowest BCUT2D eigenvalue weighted by molar-refractivity contribution is -0.130. The maximum absolute atomic E-state index is 12.4. The minimum Gasteiger partial charge on any atom is -0.497 e. The van der Waals surface area contributed by atoms with Gasteiger partial charge in [-0.25, -0.2) is 0 Å². The van der Waals surface area contributed by atoms with E-state index in [4.69, 9.17) is 9.47 Å². The normalized spacial score (nSPS) is 16.9. The zero-order valence-corrected chi connectivity index (χ0v) is 13.9. The first-order chi connectivity index (χ1) is 11.7. The average molecular weight is 326 g/mol. The Hall–Kier alpha value is -2.56. The van der Waals surface area contributed by atoms with Crippen LogP contribution in [0.4, 0.5) is 0 Å². The van der Waals surface area contributed by atoms with E-state index in [1.54, 1.807) is 19.5 Å². The molecule has 1 aliphatic rings. The number of benzene rings is 1. The topological polar surface area (TPSA) is 51.7 Å². The number of aromatic nitrogens is 1. The van der Waals surface area contributed by atoms with E-state index in [0.29, 0.717) is 13.0 Å². The third-order valence-corrected chi connectivity index (χ3v) is 4.20. The molecule has 1 aliphatic heterocycles. The lowest BCUT2D eigenvalue weighted by Crippen LogP contribution is -2.31. The fraction of sp³-hybridized carbons (Fsp3) is 0.368. The van der Waals surface area contributed by atoms with Gasteiger partial charge >= 0.3 is 0 Å². The minimum atomic E-state index is 0.0509. The average Bonchev–Trinajstić information content (AvgIpc) is 3.09. The number of amides is 1. The Morgan fingerprint density at radius 1 is 1.29 bits per heavy atom. The van der Waals surface area contributed by atoms with Crippen LogP contribution >= 0.6 is 0 Å². The van der Waals surface area contributed by atoms with E-state index in [2.05, 4.69) is 4.98 Å². The Morgan fingerprint density at radius 2 is 2.17 bits per heavy atom. The number of nitrogens with zero attached hydrogens (tertiary/aromatic N) is 2. The van der Waals surface area contributed by atoms with Crippen LogP contribution in [0.2, 0.25) is 0 Å². The Morgan fingerprint density at radius 3 is 2.96 bits per heavy atom. The van der Waals surface area contributed by atoms with Gasteiger partial charge < -0.3 is 14.4 Å². The quantitative estimate of drug-likeness (QED) is 0.819. The number of carbonyl (C=O) groups is 1. The predicted molar refractivity (Wildman–Crippen MR) is 91.2 cm³/mol. The van der Waals surface area contributed by atoms with Gasteiger partial charge in [0.05, 0.1) is 19.9 Å². The van der Waals surface area contributed by atoms with Crippen molar-refractivity contribution in [2.75, 3.05) is 20.2 Å². The summed E-state index contributed by atoms with van der Waals surface area (Å²) in [7, 11) is 1.65. The summed E-state index contributed by atoms with van der Waals surface area (Å²) in [5.74, 6) is 1.76.